The molecule has 18 heavy (non-hydrogen) atoms. The fourth-order valence-corrected chi connectivity index (χ4v) is 1.83. The van der Waals surface area contributed by atoms with Gasteiger partial charge in [0.1, 0.15) is 5.56 Å². The lowest BCUT2D eigenvalue weighted by Crippen LogP contribution is -2.25. The van der Waals surface area contributed by atoms with Crippen LogP contribution in [0.3, 0.4) is 0 Å². The van der Waals surface area contributed by atoms with Crippen LogP contribution in [0.4, 0.5) is 0 Å². The lowest BCUT2D eigenvalue weighted by molar-refractivity contribution is 0.0694. The first-order valence-corrected chi connectivity index (χ1v) is 5.58. The van der Waals surface area contributed by atoms with E-state index in [0.29, 0.717) is 10.7 Å². The number of carboxylic acid groups (broad SMARTS) is 1. The second-order valence-electron chi connectivity index (χ2n) is 3.81. The van der Waals surface area contributed by atoms with Crippen molar-refractivity contribution >= 4 is 17.6 Å². The summed E-state index contributed by atoms with van der Waals surface area (Å²) in [5.41, 5.74) is 0.669. The summed E-state index contributed by atoms with van der Waals surface area (Å²) in [7, 11) is 1.54. The van der Waals surface area contributed by atoms with Crippen molar-refractivity contribution in [1.29, 1.82) is 0 Å². The maximum absolute atomic E-state index is 11.8. The van der Waals surface area contributed by atoms with Crippen LogP contribution in [-0.4, -0.2) is 15.6 Å². The zero-order chi connectivity index (χ0) is 13.3. The highest BCUT2D eigenvalue weighted by Crippen LogP contribution is 2.20. The molecule has 5 heteroatoms. The van der Waals surface area contributed by atoms with Crippen molar-refractivity contribution in [2.45, 2.75) is 0 Å². The third kappa shape index (κ3) is 2.15. The number of hydrogen-bond donors (Lipinski definition) is 1. The number of benzene rings is 1. The molecule has 0 saturated carbocycles. The molecule has 92 valence electrons. The molecule has 1 aromatic carbocycles. The van der Waals surface area contributed by atoms with Gasteiger partial charge in [-0.05, 0) is 29.8 Å². The predicted molar refractivity (Wildman–Crippen MR) is 69.1 cm³/mol. The second-order valence-corrected chi connectivity index (χ2v) is 4.24. The average molecular weight is 264 g/mol. The number of carboxylic acids is 1. The van der Waals surface area contributed by atoms with Crippen LogP contribution in [0.1, 0.15) is 10.4 Å². The first-order valence-electron chi connectivity index (χ1n) is 5.20. The average Bonchev–Trinajstić information content (AvgIpc) is 2.33. The van der Waals surface area contributed by atoms with Crippen molar-refractivity contribution in [3.63, 3.8) is 0 Å². The Morgan fingerprint density at radius 3 is 2.33 bits per heavy atom. The molecule has 0 fully saturated rings. The smallest absolute Gasteiger partial charge is 0.341 e. The molecule has 0 radical (unpaired) electrons. The van der Waals surface area contributed by atoms with Crippen LogP contribution in [0.5, 0.6) is 0 Å². The molecule has 0 aliphatic carbocycles. The highest BCUT2D eigenvalue weighted by molar-refractivity contribution is 6.30. The Kier molecular flexibility index (Phi) is 3.21. The highest BCUT2D eigenvalue weighted by atomic mass is 35.5. The number of nitrogens with zero attached hydrogens (tertiary/aromatic N) is 1. The van der Waals surface area contributed by atoms with Gasteiger partial charge in [0.25, 0.3) is 5.56 Å². The predicted octanol–water partition coefficient (Wildman–Crippen LogP) is 2.40. The minimum absolute atomic E-state index is 0.241. The standard InChI is InChI=1S/C13H10ClNO3/c1-15-11(8-2-4-9(14)5-3-8)7-6-10(12(15)16)13(17)18/h2-7H,1H3,(H,17,18). The molecule has 0 saturated heterocycles. The van der Waals surface area contributed by atoms with Gasteiger partial charge in [-0.1, -0.05) is 23.7 Å². The Bertz CT molecular complexity index is 659. The van der Waals surface area contributed by atoms with E-state index < -0.39 is 11.5 Å². The van der Waals surface area contributed by atoms with Gasteiger partial charge in [-0.3, -0.25) is 4.79 Å². The van der Waals surface area contributed by atoms with Crippen molar-refractivity contribution in [2.75, 3.05) is 0 Å². The van der Waals surface area contributed by atoms with Crippen LogP contribution in [0.2, 0.25) is 5.02 Å². The second kappa shape index (κ2) is 4.66. The monoisotopic (exact) mass is 263 g/mol. The van der Waals surface area contributed by atoms with Crippen LogP contribution in [0.25, 0.3) is 11.3 Å². The van der Waals surface area contributed by atoms with Crippen LogP contribution in [-0.2, 0) is 7.05 Å². The summed E-state index contributed by atoms with van der Waals surface area (Å²) < 4.78 is 1.31. The molecule has 1 N–H and O–H groups in total. The van der Waals surface area contributed by atoms with Gasteiger partial charge in [0.15, 0.2) is 0 Å². The summed E-state index contributed by atoms with van der Waals surface area (Å²) in [4.78, 5) is 22.7. The van der Waals surface area contributed by atoms with Crippen molar-refractivity contribution < 1.29 is 9.90 Å². The van der Waals surface area contributed by atoms with E-state index in [9.17, 15) is 9.59 Å². The molecule has 0 spiro atoms. The number of aromatic carboxylic acids is 1. The van der Waals surface area contributed by atoms with Crippen molar-refractivity contribution in [1.82, 2.24) is 4.57 Å². The molecule has 0 aliphatic rings. The van der Waals surface area contributed by atoms with E-state index in [1.807, 2.05) is 0 Å². The van der Waals surface area contributed by atoms with Gasteiger partial charge in [-0.2, -0.15) is 0 Å². The number of rotatable bonds is 2. The molecule has 1 aromatic heterocycles. The minimum atomic E-state index is -1.22. The van der Waals surface area contributed by atoms with Gasteiger partial charge in [0.2, 0.25) is 0 Å². The molecule has 2 rings (SSSR count). The van der Waals surface area contributed by atoms with Crippen molar-refractivity contribution in [3.05, 3.63) is 57.3 Å². The summed E-state index contributed by atoms with van der Waals surface area (Å²) in [6, 6.07) is 9.90. The largest absolute Gasteiger partial charge is 0.477 e. The van der Waals surface area contributed by atoms with Gasteiger partial charge in [-0.25, -0.2) is 4.79 Å². The zero-order valence-corrected chi connectivity index (χ0v) is 10.3. The van der Waals surface area contributed by atoms with E-state index in [0.717, 1.165) is 5.56 Å². The van der Waals surface area contributed by atoms with Crippen LogP contribution in [0, 0.1) is 0 Å². The maximum Gasteiger partial charge on any atom is 0.341 e. The molecular weight excluding hydrogens is 254 g/mol. The molecular formula is C13H10ClNO3. The minimum Gasteiger partial charge on any atom is -0.477 e. The van der Waals surface area contributed by atoms with Gasteiger partial charge in [0, 0.05) is 12.1 Å². The maximum atomic E-state index is 11.8. The molecule has 1 heterocycles. The lowest BCUT2D eigenvalue weighted by Gasteiger charge is -2.09. The molecule has 0 atom stereocenters. The van der Waals surface area contributed by atoms with E-state index in [1.165, 1.54) is 10.6 Å². The third-order valence-corrected chi connectivity index (χ3v) is 2.93. The number of carbonyl (C=O) groups is 1. The molecule has 0 bridgehead atoms. The number of aromatic nitrogens is 1. The number of pyridine rings is 1. The summed E-state index contributed by atoms with van der Waals surface area (Å²) in [6.45, 7) is 0. The van der Waals surface area contributed by atoms with Gasteiger partial charge in [-0.15, -0.1) is 0 Å². The Labute approximate surface area is 108 Å². The SMILES string of the molecule is Cn1c(-c2ccc(Cl)cc2)ccc(C(=O)O)c1=O. The summed E-state index contributed by atoms with van der Waals surface area (Å²) in [5.74, 6) is -1.22. The van der Waals surface area contributed by atoms with E-state index in [-0.39, 0.29) is 5.56 Å². The van der Waals surface area contributed by atoms with Crippen LogP contribution >= 0.6 is 11.6 Å². The summed E-state index contributed by atoms with van der Waals surface area (Å²) in [6.07, 6.45) is 0. The Balaban J connectivity index is 2.61. The molecule has 0 aliphatic heterocycles. The lowest BCUT2D eigenvalue weighted by atomic mass is 10.1. The van der Waals surface area contributed by atoms with Crippen molar-refractivity contribution in [3.8, 4) is 11.3 Å². The van der Waals surface area contributed by atoms with Gasteiger partial charge >= 0.3 is 5.97 Å². The third-order valence-electron chi connectivity index (χ3n) is 2.67. The summed E-state index contributed by atoms with van der Waals surface area (Å²) >= 11 is 5.79. The topological polar surface area (TPSA) is 59.3 Å². The van der Waals surface area contributed by atoms with E-state index >= 15 is 0 Å². The van der Waals surface area contributed by atoms with Crippen LogP contribution < -0.4 is 5.56 Å². The van der Waals surface area contributed by atoms with Gasteiger partial charge < -0.3 is 9.67 Å². The van der Waals surface area contributed by atoms with E-state index in [4.69, 9.17) is 16.7 Å². The number of halogens is 1. The normalized spacial score (nSPS) is 10.3. The Morgan fingerprint density at radius 1 is 1.17 bits per heavy atom. The highest BCUT2D eigenvalue weighted by Gasteiger charge is 2.12. The molecule has 0 amide bonds. The zero-order valence-electron chi connectivity index (χ0n) is 9.55. The Hall–Kier alpha value is -2.07. The van der Waals surface area contributed by atoms with Crippen molar-refractivity contribution in [2.24, 2.45) is 7.05 Å². The summed E-state index contributed by atoms with van der Waals surface area (Å²) in [5, 5.41) is 9.46. The molecule has 2 aromatic rings. The van der Waals surface area contributed by atoms with E-state index in [1.54, 1.807) is 37.4 Å². The fraction of sp³-hybridized carbons (Fsp3) is 0.0769. The van der Waals surface area contributed by atoms with E-state index in [2.05, 4.69) is 0 Å². The van der Waals surface area contributed by atoms with Gasteiger partial charge in [0.05, 0.1) is 5.69 Å². The van der Waals surface area contributed by atoms with Crippen LogP contribution in [0.15, 0.2) is 41.2 Å². The Morgan fingerprint density at radius 2 is 1.78 bits per heavy atom. The number of hydrogen-bond acceptors (Lipinski definition) is 2. The molecule has 0 unspecified atom stereocenters. The quantitative estimate of drug-likeness (QED) is 0.905. The first kappa shape index (κ1) is 12.4. The first-order chi connectivity index (χ1) is 8.50. The fourth-order valence-electron chi connectivity index (χ4n) is 1.71. The molecule has 4 nitrogen and oxygen atoms in total.